The molecule has 3 rings (SSSR count). The van der Waals surface area contributed by atoms with Crippen molar-refractivity contribution in [1.82, 2.24) is 5.32 Å². The highest BCUT2D eigenvalue weighted by molar-refractivity contribution is 7.92. The molecule has 2 aliphatic rings. The van der Waals surface area contributed by atoms with Crippen LogP contribution in [-0.4, -0.2) is 38.1 Å². The quantitative estimate of drug-likeness (QED) is 0.780. The SMILES string of the molecule is C[C@H](CC(=O)NC1CCCCCCC1)S(=O)(=O)c1ccc2c(c1)NC(=O)CO2. The number of ether oxygens (including phenoxy) is 1. The number of hydrogen-bond donors (Lipinski definition) is 2. The third-order valence-corrected chi connectivity index (χ3v) is 7.52. The van der Waals surface area contributed by atoms with Crippen LogP contribution in [0.5, 0.6) is 5.75 Å². The summed E-state index contributed by atoms with van der Waals surface area (Å²) in [5.41, 5.74) is 0.337. The molecule has 7 nitrogen and oxygen atoms in total. The number of hydrogen-bond acceptors (Lipinski definition) is 5. The van der Waals surface area contributed by atoms with Gasteiger partial charge in [0.25, 0.3) is 5.91 Å². The predicted octanol–water partition coefficient (Wildman–Crippen LogP) is 2.80. The highest BCUT2D eigenvalue weighted by atomic mass is 32.2. The second-order valence-corrected chi connectivity index (χ2v) is 10.0. The van der Waals surface area contributed by atoms with Crippen molar-refractivity contribution in [3.05, 3.63) is 18.2 Å². The van der Waals surface area contributed by atoms with Gasteiger partial charge in [-0.25, -0.2) is 8.42 Å². The molecule has 0 radical (unpaired) electrons. The molecule has 28 heavy (non-hydrogen) atoms. The summed E-state index contributed by atoms with van der Waals surface area (Å²) in [7, 11) is -3.71. The van der Waals surface area contributed by atoms with Gasteiger partial charge in [0.15, 0.2) is 16.4 Å². The van der Waals surface area contributed by atoms with E-state index in [4.69, 9.17) is 4.74 Å². The average molecular weight is 409 g/mol. The molecule has 0 bridgehead atoms. The van der Waals surface area contributed by atoms with Crippen LogP contribution in [0.1, 0.15) is 58.3 Å². The van der Waals surface area contributed by atoms with E-state index < -0.39 is 15.1 Å². The van der Waals surface area contributed by atoms with E-state index in [0.717, 1.165) is 25.7 Å². The number of sulfone groups is 1. The minimum Gasteiger partial charge on any atom is -0.482 e. The standard InChI is InChI=1S/C20H28N2O5S/c1-14(11-19(23)21-15-7-5-3-2-4-6-8-15)28(25,26)16-9-10-18-17(12-16)22-20(24)13-27-18/h9-10,12,14-15H,2-8,11,13H2,1H3,(H,21,23)(H,22,24)/t14-/m1/s1. The van der Waals surface area contributed by atoms with Crippen LogP contribution in [-0.2, 0) is 19.4 Å². The predicted molar refractivity (Wildman–Crippen MR) is 106 cm³/mol. The number of carbonyl (C=O) groups excluding carboxylic acids is 2. The van der Waals surface area contributed by atoms with Crippen LogP contribution in [0.4, 0.5) is 5.69 Å². The Bertz CT molecular complexity index is 829. The Hall–Kier alpha value is -2.09. The van der Waals surface area contributed by atoms with Crippen molar-refractivity contribution in [2.75, 3.05) is 11.9 Å². The molecule has 0 aromatic heterocycles. The van der Waals surface area contributed by atoms with Gasteiger partial charge < -0.3 is 15.4 Å². The lowest BCUT2D eigenvalue weighted by Crippen LogP contribution is -2.37. The highest BCUT2D eigenvalue weighted by Gasteiger charge is 2.28. The van der Waals surface area contributed by atoms with Gasteiger partial charge in [0.2, 0.25) is 5.91 Å². The number of anilines is 1. The summed E-state index contributed by atoms with van der Waals surface area (Å²) in [6.07, 6.45) is 7.66. The number of benzene rings is 1. The lowest BCUT2D eigenvalue weighted by molar-refractivity contribution is -0.122. The summed E-state index contributed by atoms with van der Waals surface area (Å²) in [5.74, 6) is -0.113. The van der Waals surface area contributed by atoms with Crippen molar-refractivity contribution < 1.29 is 22.7 Å². The minimum absolute atomic E-state index is 0.0725. The molecule has 0 spiro atoms. The van der Waals surface area contributed by atoms with E-state index in [1.54, 1.807) is 6.92 Å². The molecule has 154 valence electrons. The molecule has 8 heteroatoms. The summed E-state index contributed by atoms with van der Waals surface area (Å²) in [6.45, 7) is 1.46. The summed E-state index contributed by atoms with van der Waals surface area (Å²) in [4.78, 5) is 24.0. The van der Waals surface area contributed by atoms with E-state index >= 15 is 0 Å². The van der Waals surface area contributed by atoms with Crippen LogP contribution in [0.15, 0.2) is 23.1 Å². The summed E-state index contributed by atoms with van der Waals surface area (Å²) in [6, 6.07) is 4.52. The van der Waals surface area contributed by atoms with Crippen LogP contribution >= 0.6 is 0 Å². The fourth-order valence-corrected chi connectivity index (χ4v) is 5.10. The third-order valence-electron chi connectivity index (χ3n) is 5.39. The molecule has 0 saturated heterocycles. The van der Waals surface area contributed by atoms with Crippen molar-refractivity contribution in [2.45, 2.75) is 74.5 Å². The smallest absolute Gasteiger partial charge is 0.262 e. The van der Waals surface area contributed by atoms with Gasteiger partial charge in [0.05, 0.1) is 15.8 Å². The van der Waals surface area contributed by atoms with Gasteiger partial charge in [0.1, 0.15) is 5.75 Å². The normalized spacial score (nSPS) is 19.4. The van der Waals surface area contributed by atoms with Gasteiger partial charge in [-0.05, 0) is 38.0 Å². The number of carbonyl (C=O) groups is 2. The summed E-state index contributed by atoms with van der Waals surface area (Å²) in [5, 5.41) is 4.76. The van der Waals surface area contributed by atoms with Gasteiger partial charge in [-0.2, -0.15) is 0 Å². The van der Waals surface area contributed by atoms with Crippen molar-refractivity contribution in [1.29, 1.82) is 0 Å². The molecule has 1 fully saturated rings. The Morgan fingerprint density at radius 1 is 1.21 bits per heavy atom. The molecule has 0 unspecified atom stereocenters. The average Bonchev–Trinajstić information content (AvgIpc) is 2.63. The largest absolute Gasteiger partial charge is 0.482 e. The van der Waals surface area contributed by atoms with Crippen LogP contribution in [0, 0.1) is 0 Å². The van der Waals surface area contributed by atoms with E-state index in [1.165, 1.54) is 37.5 Å². The van der Waals surface area contributed by atoms with E-state index in [1.807, 2.05) is 0 Å². The zero-order valence-electron chi connectivity index (χ0n) is 16.2. The number of amides is 2. The Balaban J connectivity index is 1.64. The van der Waals surface area contributed by atoms with Gasteiger partial charge in [-0.1, -0.05) is 32.1 Å². The van der Waals surface area contributed by atoms with Crippen molar-refractivity contribution in [3.63, 3.8) is 0 Å². The van der Waals surface area contributed by atoms with Crippen LogP contribution in [0.3, 0.4) is 0 Å². The highest BCUT2D eigenvalue weighted by Crippen LogP contribution is 2.31. The van der Waals surface area contributed by atoms with Gasteiger partial charge >= 0.3 is 0 Å². The Kier molecular flexibility index (Phi) is 6.59. The van der Waals surface area contributed by atoms with Crippen molar-refractivity contribution >= 4 is 27.3 Å². The number of rotatable bonds is 5. The molecule has 2 amide bonds. The topological polar surface area (TPSA) is 102 Å². The van der Waals surface area contributed by atoms with Crippen LogP contribution in [0.25, 0.3) is 0 Å². The number of nitrogens with one attached hydrogen (secondary N) is 2. The maximum Gasteiger partial charge on any atom is 0.262 e. The zero-order valence-corrected chi connectivity index (χ0v) is 17.0. The molecular formula is C20H28N2O5S. The molecule has 1 heterocycles. The summed E-state index contributed by atoms with van der Waals surface area (Å²) < 4.78 is 31.0. The molecule has 2 N–H and O–H groups in total. The number of fused-ring (bicyclic) bond motifs is 1. The van der Waals surface area contributed by atoms with Crippen LogP contribution in [0.2, 0.25) is 0 Å². The third kappa shape index (κ3) is 5.04. The first-order valence-electron chi connectivity index (χ1n) is 9.96. The Morgan fingerprint density at radius 2 is 1.89 bits per heavy atom. The van der Waals surface area contributed by atoms with E-state index in [-0.39, 0.29) is 35.8 Å². The first-order chi connectivity index (χ1) is 13.4. The van der Waals surface area contributed by atoms with Gasteiger partial charge in [-0.15, -0.1) is 0 Å². The lowest BCUT2D eigenvalue weighted by atomic mass is 9.96. The summed E-state index contributed by atoms with van der Waals surface area (Å²) >= 11 is 0. The van der Waals surface area contributed by atoms with Crippen molar-refractivity contribution in [2.24, 2.45) is 0 Å². The molecule has 1 aliphatic carbocycles. The molecular weight excluding hydrogens is 380 g/mol. The van der Waals surface area contributed by atoms with Crippen LogP contribution < -0.4 is 15.4 Å². The van der Waals surface area contributed by atoms with Gasteiger partial charge in [-0.3, -0.25) is 9.59 Å². The fraction of sp³-hybridized carbons (Fsp3) is 0.600. The Labute approximate surface area is 166 Å². The maximum absolute atomic E-state index is 12.9. The molecule has 1 saturated carbocycles. The van der Waals surface area contributed by atoms with Gasteiger partial charge in [0, 0.05) is 12.5 Å². The molecule has 1 aromatic carbocycles. The monoisotopic (exact) mass is 408 g/mol. The van der Waals surface area contributed by atoms with E-state index in [9.17, 15) is 18.0 Å². The zero-order chi connectivity index (χ0) is 20.1. The maximum atomic E-state index is 12.9. The molecule has 1 aromatic rings. The van der Waals surface area contributed by atoms with E-state index in [2.05, 4.69) is 10.6 Å². The molecule has 1 atom stereocenters. The van der Waals surface area contributed by atoms with E-state index in [0.29, 0.717) is 11.4 Å². The Morgan fingerprint density at radius 3 is 2.61 bits per heavy atom. The second-order valence-electron chi connectivity index (χ2n) is 7.66. The molecule has 1 aliphatic heterocycles. The lowest BCUT2D eigenvalue weighted by Gasteiger charge is -2.22. The first kappa shape index (κ1) is 20.6. The van der Waals surface area contributed by atoms with Crippen molar-refractivity contribution in [3.8, 4) is 5.75 Å². The second kappa shape index (κ2) is 8.94. The minimum atomic E-state index is -3.71. The first-order valence-corrected chi connectivity index (χ1v) is 11.5. The fourth-order valence-electron chi connectivity index (χ4n) is 3.73.